The Balaban J connectivity index is 2.72. The molecule has 0 saturated heterocycles. The zero-order chi connectivity index (χ0) is 8.43. The van der Waals surface area contributed by atoms with Crippen molar-refractivity contribution in [1.29, 1.82) is 0 Å². The average Bonchev–Trinajstić information content (AvgIpc) is 1.94. The Bertz CT molecular complexity index is 198. The van der Waals surface area contributed by atoms with Gasteiger partial charge in [-0.3, -0.25) is 0 Å². The van der Waals surface area contributed by atoms with Crippen LogP contribution in [0.4, 0.5) is 0 Å². The van der Waals surface area contributed by atoms with E-state index in [0.29, 0.717) is 0 Å². The van der Waals surface area contributed by atoms with Crippen molar-refractivity contribution in [3.63, 3.8) is 0 Å². The van der Waals surface area contributed by atoms with Crippen LogP contribution >= 0.6 is 0 Å². The van der Waals surface area contributed by atoms with Gasteiger partial charge in [0, 0.05) is 12.7 Å². The number of nitrogens with zero attached hydrogens (tertiary/aromatic N) is 1. The number of aliphatic carboxylic acids is 1. The minimum atomic E-state index is -0.722. The van der Waals surface area contributed by atoms with Crippen LogP contribution in [-0.2, 0) is 4.79 Å². The van der Waals surface area contributed by atoms with Crippen LogP contribution in [0.2, 0.25) is 0 Å². The maximum atomic E-state index is 10.6. The van der Waals surface area contributed by atoms with Crippen LogP contribution in [0.5, 0.6) is 0 Å². The van der Waals surface area contributed by atoms with Crippen LogP contribution in [0.15, 0.2) is 11.8 Å². The van der Waals surface area contributed by atoms with Crippen LogP contribution in [0.25, 0.3) is 0 Å². The number of hydrogen-bond acceptors (Lipinski definition) is 2. The van der Waals surface area contributed by atoms with Crippen molar-refractivity contribution in [3.05, 3.63) is 11.8 Å². The summed E-state index contributed by atoms with van der Waals surface area (Å²) in [6.07, 6.45) is 3.68. The standard InChI is InChI=1S/C8H13NO2/c1-6-4-3-5-7(8(10)11)9(6)2/h4,7H,3,5H2,1-2H3,(H,10,11). The van der Waals surface area contributed by atoms with Crippen molar-refractivity contribution in [2.75, 3.05) is 7.05 Å². The van der Waals surface area contributed by atoms with Gasteiger partial charge in [-0.2, -0.15) is 0 Å². The molecule has 0 aromatic rings. The lowest BCUT2D eigenvalue weighted by Gasteiger charge is -2.30. The lowest BCUT2D eigenvalue weighted by molar-refractivity contribution is -0.142. The van der Waals surface area contributed by atoms with Crippen molar-refractivity contribution in [3.8, 4) is 0 Å². The summed E-state index contributed by atoms with van der Waals surface area (Å²) in [5.74, 6) is -0.722. The minimum absolute atomic E-state index is 0.319. The van der Waals surface area contributed by atoms with Crippen molar-refractivity contribution in [1.82, 2.24) is 4.90 Å². The van der Waals surface area contributed by atoms with E-state index in [1.165, 1.54) is 0 Å². The van der Waals surface area contributed by atoms with Crippen LogP contribution in [0.3, 0.4) is 0 Å². The van der Waals surface area contributed by atoms with E-state index in [1.54, 1.807) is 0 Å². The van der Waals surface area contributed by atoms with Crippen molar-refractivity contribution >= 4 is 5.97 Å². The van der Waals surface area contributed by atoms with Gasteiger partial charge in [0.2, 0.25) is 0 Å². The summed E-state index contributed by atoms with van der Waals surface area (Å²) < 4.78 is 0. The fraction of sp³-hybridized carbons (Fsp3) is 0.625. The molecule has 1 unspecified atom stereocenters. The molecule has 1 atom stereocenters. The van der Waals surface area contributed by atoms with E-state index in [9.17, 15) is 4.79 Å². The minimum Gasteiger partial charge on any atom is -0.480 e. The van der Waals surface area contributed by atoms with Gasteiger partial charge in [0.1, 0.15) is 6.04 Å². The summed E-state index contributed by atoms with van der Waals surface area (Å²) in [6, 6.07) is -0.319. The molecule has 1 N–H and O–H groups in total. The van der Waals surface area contributed by atoms with Crippen LogP contribution in [-0.4, -0.2) is 29.1 Å². The zero-order valence-corrected chi connectivity index (χ0v) is 6.87. The highest BCUT2D eigenvalue weighted by Gasteiger charge is 2.24. The largest absolute Gasteiger partial charge is 0.480 e. The van der Waals surface area contributed by atoms with Gasteiger partial charge in [-0.25, -0.2) is 4.79 Å². The van der Waals surface area contributed by atoms with Gasteiger partial charge in [0.05, 0.1) is 0 Å². The summed E-state index contributed by atoms with van der Waals surface area (Å²) in [6.45, 7) is 1.94. The Kier molecular flexibility index (Phi) is 2.17. The second kappa shape index (κ2) is 2.95. The molecule has 0 bridgehead atoms. The van der Waals surface area contributed by atoms with E-state index in [2.05, 4.69) is 6.08 Å². The molecule has 1 aliphatic rings. The molecule has 0 aromatic heterocycles. The number of hydrogen-bond donors (Lipinski definition) is 1. The first-order chi connectivity index (χ1) is 5.13. The second-order valence-electron chi connectivity index (χ2n) is 2.89. The molecular formula is C8H13NO2. The van der Waals surface area contributed by atoms with Gasteiger partial charge in [0.15, 0.2) is 0 Å². The van der Waals surface area contributed by atoms with E-state index in [-0.39, 0.29) is 6.04 Å². The van der Waals surface area contributed by atoms with Crippen molar-refractivity contribution < 1.29 is 9.90 Å². The Morgan fingerprint density at radius 2 is 2.45 bits per heavy atom. The molecular weight excluding hydrogens is 142 g/mol. The Morgan fingerprint density at radius 1 is 1.82 bits per heavy atom. The molecule has 0 spiro atoms. The molecule has 62 valence electrons. The highest BCUT2D eigenvalue weighted by molar-refractivity contribution is 5.74. The number of allylic oxidation sites excluding steroid dienone is 2. The van der Waals surface area contributed by atoms with Gasteiger partial charge < -0.3 is 10.0 Å². The predicted octanol–water partition coefficient (Wildman–Crippen LogP) is 1.07. The van der Waals surface area contributed by atoms with E-state index in [1.807, 2.05) is 18.9 Å². The number of carbonyl (C=O) groups is 1. The topological polar surface area (TPSA) is 40.5 Å². The molecule has 1 heterocycles. The fourth-order valence-electron chi connectivity index (χ4n) is 1.32. The highest BCUT2D eigenvalue weighted by Crippen LogP contribution is 2.18. The van der Waals surface area contributed by atoms with E-state index in [0.717, 1.165) is 18.5 Å². The Labute approximate surface area is 66.3 Å². The SMILES string of the molecule is CC1=CCCC(C(=O)O)N1C. The van der Waals surface area contributed by atoms with Gasteiger partial charge in [-0.05, 0) is 19.8 Å². The molecule has 11 heavy (non-hydrogen) atoms. The molecule has 1 rings (SSSR count). The molecule has 3 nitrogen and oxygen atoms in total. The lowest BCUT2D eigenvalue weighted by Crippen LogP contribution is -2.39. The summed E-state index contributed by atoms with van der Waals surface area (Å²) in [7, 11) is 1.82. The predicted molar refractivity (Wildman–Crippen MR) is 42.2 cm³/mol. The number of likely N-dealkylation sites (N-methyl/N-ethyl adjacent to an activating group) is 1. The first-order valence-electron chi connectivity index (χ1n) is 3.75. The van der Waals surface area contributed by atoms with E-state index >= 15 is 0 Å². The molecule has 0 aliphatic carbocycles. The molecule has 0 saturated carbocycles. The molecule has 0 aromatic carbocycles. The van der Waals surface area contributed by atoms with Crippen molar-refractivity contribution in [2.24, 2.45) is 0 Å². The maximum Gasteiger partial charge on any atom is 0.326 e. The van der Waals surface area contributed by atoms with Crippen LogP contribution in [0, 0.1) is 0 Å². The zero-order valence-electron chi connectivity index (χ0n) is 6.87. The number of carboxylic acid groups (broad SMARTS) is 1. The third-order valence-electron chi connectivity index (χ3n) is 2.19. The van der Waals surface area contributed by atoms with Crippen LogP contribution in [0.1, 0.15) is 19.8 Å². The van der Waals surface area contributed by atoms with Gasteiger partial charge in [-0.15, -0.1) is 0 Å². The Hall–Kier alpha value is -0.990. The van der Waals surface area contributed by atoms with Gasteiger partial charge in [-0.1, -0.05) is 6.08 Å². The molecule has 0 radical (unpaired) electrons. The molecule has 0 amide bonds. The third kappa shape index (κ3) is 1.53. The number of carboxylic acids is 1. The van der Waals surface area contributed by atoms with Gasteiger partial charge in [0.25, 0.3) is 0 Å². The summed E-state index contributed by atoms with van der Waals surface area (Å²) >= 11 is 0. The smallest absolute Gasteiger partial charge is 0.326 e. The summed E-state index contributed by atoms with van der Waals surface area (Å²) in [5, 5.41) is 8.76. The lowest BCUT2D eigenvalue weighted by atomic mass is 10.0. The second-order valence-corrected chi connectivity index (χ2v) is 2.89. The van der Waals surface area contributed by atoms with Gasteiger partial charge >= 0.3 is 5.97 Å². The Morgan fingerprint density at radius 3 is 2.91 bits per heavy atom. The third-order valence-corrected chi connectivity index (χ3v) is 2.19. The normalized spacial score (nSPS) is 24.7. The first kappa shape index (κ1) is 8.11. The monoisotopic (exact) mass is 155 g/mol. The quantitative estimate of drug-likeness (QED) is 0.615. The molecule has 3 heteroatoms. The van der Waals surface area contributed by atoms with Crippen molar-refractivity contribution in [2.45, 2.75) is 25.8 Å². The first-order valence-corrected chi connectivity index (χ1v) is 3.75. The average molecular weight is 155 g/mol. The highest BCUT2D eigenvalue weighted by atomic mass is 16.4. The van der Waals surface area contributed by atoms with E-state index in [4.69, 9.17) is 5.11 Å². The summed E-state index contributed by atoms with van der Waals surface area (Å²) in [5.41, 5.74) is 1.06. The number of rotatable bonds is 1. The van der Waals surface area contributed by atoms with E-state index < -0.39 is 5.97 Å². The van der Waals surface area contributed by atoms with Crippen LogP contribution < -0.4 is 0 Å². The molecule has 1 aliphatic heterocycles. The molecule has 0 fully saturated rings. The summed E-state index contributed by atoms with van der Waals surface area (Å²) in [4.78, 5) is 12.5. The maximum absolute atomic E-state index is 10.6. The fourth-order valence-corrected chi connectivity index (χ4v) is 1.32.